The minimum absolute atomic E-state index is 0.153. The van der Waals surface area contributed by atoms with Crippen molar-refractivity contribution < 1.29 is 9.47 Å². The maximum Gasteiger partial charge on any atom is 0.189 e. The molecule has 4 rings (SSSR count). The van der Waals surface area contributed by atoms with Crippen molar-refractivity contribution in [3.63, 3.8) is 0 Å². The number of nitrogens with one attached hydrogen (secondary N) is 1. The average Bonchev–Trinajstić information content (AvgIpc) is 3.03. The normalized spacial score (nSPS) is 28.4. The third-order valence-corrected chi connectivity index (χ3v) is 5.85. The lowest BCUT2D eigenvalue weighted by Crippen LogP contribution is -2.38. The molecular weight excluding hydrogens is 314 g/mol. The summed E-state index contributed by atoms with van der Waals surface area (Å²) >= 11 is 0. The van der Waals surface area contributed by atoms with Gasteiger partial charge in [-0.15, -0.1) is 0 Å². The summed E-state index contributed by atoms with van der Waals surface area (Å²) in [5.41, 5.74) is 7.46. The number of fused-ring (bicyclic) bond motifs is 1. The van der Waals surface area contributed by atoms with Crippen LogP contribution in [0.2, 0.25) is 0 Å². The van der Waals surface area contributed by atoms with Crippen molar-refractivity contribution in [3.8, 4) is 5.75 Å². The van der Waals surface area contributed by atoms with Crippen molar-refractivity contribution in [2.45, 2.75) is 69.1 Å². The summed E-state index contributed by atoms with van der Waals surface area (Å²) in [6.45, 7) is 1.36. The topological polar surface area (TPSA) is 68.9 Å². The van der Waals surface area contributed by atoms with Gasteiger partial charge in [0.1, 0.15) is 5.75 Å². The molecule has 1 saturated carbocycles. The van der Waals surface area contributed by atoms with Crippen molar-refractivity contribution in [3.05, 3.63) is 29.8 Å². The summed E-state index contributed by atoms with van der Waals surface area (Å²) in [6.07, 6.45) is 9.84. The van der Waals surface area contributed by atoms with Crippen LogP contribution in [-0.4, -0.2) is 30.8 Å². The largest absolute Gasteiger partial charge is 0.493 e. The summed E-state index contributed by atoms with van der Waals surface area (Å²) in [7, 11) is 0. The summed E-state index contributed by atoms with van der Waals surface area (Å²) in [5.74, 6) is 1.45. The second kappa shape index (κ2) is 7.24. The standard InChI is InChI=1S/C20H29N3O2/c21-19(23-17-9-13-24-18-7-3-2-6-16(17)18)22-14-15-8-12-20(25-15)10-4-1-5-11-20/h2-3,6-7,15,17H,1,4-5,8-14H2,(H3,21,22,23). The van der Waals surface area contributed by atoms with E-state index in [4.69, 9.17) is 15.2 Å². The predicted octanol–water partition coefficient (Wildman–Crippen LogP) is 3.30. The fourth-order valence-electron chi connectivity index (χ4n) is 4.50. The first-order valence-corrected chi connectivity index (χ1v) is 9.70. The SMILES string of the molecule is NC(=NCC1CCC2(CCCCC2)O1)NC1CCOc2ccccc21. The summed E-state index contributed by atoms with van der Waals surface area (Å²) in [5, 5.41) is 3.36. The van der Waals surface area contributed by atoms with Gasteiger partial charge in [-0.2, -0.15) is 0 Å². The molecule has 1 aromatic rings. The van der Waals surface area contributed by atoms with Crippen molar-refractivity contribution in [2.24, 2.45) is 10.7 Å². The van der Waals surface area contributed by atoms with Gasteiger partial charge in [-0.1, -0.05) is 37.5 Å². The monoisotopic (exact) mass is 343 g/mol. The third-order valence-electron chi connectivity index (χ3n) is 5.85. The van der Waals surface area contributed by atoms with E-state index in [0.717, 1.165) is 24.2 Å². The summed E-state index contributed by atoms with van der Waals surface area (Å²) in [6, 6.07) is 8.30. The van der Waals surface area contributed by atoms with E-state index in [-0.39, 0.29) is 17.7 Å². The smallest absolute Gasteiger partial charge is 0.189 e. The number of hydrogen-bond donors (Lipinski definition) is 2. The highest BCUT2D eigenvalue weighted by Crippen LogP contribution is 2.41. The number of aliphatic imine (C=N–C) groups is 1. The second-order valence-electron chi connectivity index (χ2n) is 7.62. The molecule has 2 fully saturated rings. The van der Waals surface area contributed by atoms with Crippen molar-refractivity contribution >= 4 is 5.96 Å². The van der Waals surface area contributed by atoms with Gasteiger partial charge in [0.15, 0.2) is 5.96 Å². The van der Waals surface area contributed by atoms with Crippen LogP contribution in [0, 0.1) is 0 Å². The van der Waals surface area contributed by atoms with E-state index in [2.05, 4.69) is 16.4 Å². The van der Waals surface area contributed by atoms with Crippen LogP contribution >= 0.6 is 0 Å². The molecule has 1 spiro atoms. The Balaban J connectivity index is 1.32. The first kappa shape index (κ1) is 16.7. The van der Waals surface area contributed by atoms with E-state index in [0.29, 0.717) is 19.1 Å². The molecule has 2 unspecified atom stereocenters. The molecule has 136 valence electrons. The number of guanidine groups is 1. The Morgan fingerprint density at radius 3 is 2.88 bits per heavy atom. The third kappa shape index (κ3) is 3.76. The maximum absolute atomic E-state index is 6.38. The molecule has 1 aliphatic carbocycles. The number of nitrogens with zero attached hydrogens (tertiary/aromatic N) is 1. The van der Waals surface area contributed by atoms with Crippen LogP contribution in [0.5, 0.6) is 5.75 Å². The first-order chi connectivity index (χ1) is 12.2. The van der Waals surface area contributed by atoms with Crippen molar-refractivity contribution in [1.82, 2.24) is 5.32 Å². The Morgan fingerprint density at radius 2 is 2.00 bits per heavy atom. The summed E-state index contributed by atoms with van der Waals surface area (Å²) < 4.78 is 12.1. The molecule has 0 radical (unpaired) electrons. The summed E-state index contributed by atoms with van der Waals surface area (Å²) in [4.78, 5) is 4.57. The van der Waals surface area contributed by atoms with E-state index in [1.165, 1.54) is 38.5 Å². The Labute approximate surface area is 150 Å². The van der Waals surface area contributed by atoms with Crippen molar-refractivity contribution in [1.29, 1.82) is 0 Å². The number of ether oxygens (including phenoxy) is 2. The zero-order valence-electron chi connectivity index (χ0n) is 14.9. The average molecular weight is 343 g/mol. The van der Waals surface area contributed by atoms with Crippen LogP contribution in [0.15, 0.2) is 29.3 Å². The van der Waals surface area contributed by atoms with Gasteiger partial charge >= 0.3 is 0 Å². The van der Waals surface area contributed by atoms with Crippen LogP contribution in [0.4, 0.5) is 0 Å². The number of benzene rings is 1. The van der Waals surface area contributed by atoms with E-state index in [1.807, 2.05) is 18.2 Å². The van der Waals surface area contributed by atoms with Crippen LogP contribution in [-0.2, 0) is 4.74 Å². The van der Waals surface area contributed by atoms with E-state index in [1.54, 1.807) is 0 Å². The highest BCUT2D eigenvalue weighted by molar-refractivity contribution is 5.78. The number of rotatable bonds is 3. The Morgan fingerprint density at radius 1 is 1.16 bits per heavy atom. The van der Waals surface area contributed by atoms with Crippen molar-refractivity contribution in [2.75, 3.05) is 13.2 Å². The van der Waals surface area contributed by atoms with Gasteiger partial charge in [0.25, 0.3) is 0 Å². The zero-order chi connectivity index (χ0) is 17.1. The van der Waals surface area contributed by atoms with Crippen LogP contribution in [0.1, 0.15) is 63.0 Å². The minimum atomic E-state index is 0.153. The molecule has 2 aliphatic heterocycles. The van der Waals surface area contributed by atoms with Gasteiger partial charge in [0, 0.05) is 12.0 Å². The van der Waals surface area contributed by atoms with Gasteiger partial charge < -0.3 is 20.5 Å². The number of para-hydroxylation sites is 1. The Kier molecular flexibility index (Phi) is 4.84. The second-order valence-corrected chi connectivity index (χ2v) is 7.62. The lowest BCUT2D eigenvalue weighted by molar-refractivity contribution is -0.0599. The molecule has 5 nitrogen and oxygen atoms in total. The number of hydrogen-bond acceptors (Lipinski definition) is 3. The molecule has 0 aromatic heterocycles. The lowest BCUT2D eigenvalue weighted by atomic mass is 9.83. The lowest BCUT2D eigenvalue weighted by Gasteiger charge is -2.33. The molecule has 2 atom stereocenters. The molecule has 1 saturated heterocycles. The van der Waals surface area contributed by atoms with Gasteiger partial charge in [0.2, 0.25) is 0 Å². The molecule has 3 N–H and O–H groups in total. The van der Waals surface area contributed by atoms with E-state index < -0.39 is 0 Å². The highest BCUT2D eigenvalue weighted by Gasteiger charge is 2.40. The molecule has 0 bridgehead atoms. The van der Waals surface area contributed by atoms with Gasteiger partial charge in [-0.25, -0.2) is 0 Å². The van der Waals surface area contributed by atoms with E-state index >= 15 is 0 Å². The van der Waals surface area contributed by atoms with Gasteiger partial charge in [-0.3, -0.25) is 4.99 Å². The molecular formula is C20H29N3O2. The van der Waals surface area contributed by atoms with Crippen LogP contribution in [0.3, 0.4) is 0 Å². The predicted molar refractivity (Wildman–Crippen MR) is 98.8 cm³/mol. The molecule has 5 heteroatoms. The zero-order valence-corrected chi connectivity index (χ0v) is 14.9. The molecule has 25 heavy (non-hydrogen) atoms. The Bertz CT molecular complexity index is 625. The fourth-order valence-corrected chi connectivity index (χ4v) is 4.50. The quantitative estimate of drug-likeness (QED) is 0.653. The fraction of sp³-hybridized carbons (Fsp3) is 0.650. The first-order valence-electron chi connectivity index (χ1n) is 9.70. The van der Waals surface area contributed by atoms with Gasteiger partial charge in [-0.05, 0) is 31.7 Å². The minimum Gasteiger partial charge on any atom is -0.493 e. The Hall–Kier alpha value is -1.75. The van der Waals surface area contributed by atoms with Crippen LogP contribution < -0.4 is 15.8 Å². The maximum atomic E-state index is 6.38. The number of nitrogens with two attached hydrogens (primary N) is 1. The molecule has 2 heterocycles. The molecule has 3 aliphatic rings. The highest BCUT2D eigenvalue weighted by atomic mass is 16.5. The van der Waals surface area contributed by atoms with Crippen LogP contribution in [0.25, 0.3) is 0 Å². The molecule has 1 aromatic carbocycles. The van der Waals surface area contributed by atoms with E-state index in [9.17, 15) is 0 Å². The van der Waals surface area contributed by atoms with Gasteiger partial charge in [0.05, 0.1) is 30.9 Å². The molecule has 0 amide bonds.